The average Bonchev–Trinajstić information content (AvgIpc) is 3.16. The van der Waals surface area contributed by atoms with Crippen molar-refractivity contribution in [1.29, 1.82) is 0 Å². The van der Waals surface area contributed by atoms with Crippen LogP contribution in [0, 0.1) is 11.6 Å². The Balaban J connectivity index is 1.61. The van der Waals surface area contributed by atoms with Crippen LogP contribution < -0.4 is 0 Å². The Labute approximate surface area is 138 Å². The fraction of sp³-hybridized carbons (Fsp3) is 0.0625. The van der Waals surface area contributed by atoms with E-state index < -0.39 is 0 Å². The number of para-hydroxylation sites is 1. The van der Waals surface area contributed by atoms with E-state index in [-0.39, 0.29) is 11.6 Å². The summed E-state index contributed by atoms with van der Waals surface area (Å²) >= 11 is 2.88. The number of nitrogens with zero attached hydrogens (tertiary/aromatic N) is 3. The summed E-state index contributed by atoms with van der Waals surface area (Å²) in [6, 6.07) is 11.1. The minimum atomic E-state index is -0.311. The quantitative estimate of drug-likeness (QED) is 0.541. The maximum Gasteiger partial charge on any atom is 0.150 e. The Morgan fingerprint density at radius 3 is 2.48 bits per heavy atom. The Bertz CT molecular complexity index is 977. The SMILES string of the molecule is Fc1ccc(-c2nnc(Cc3nc4c(F)cccc4s3)s2)cc1. The second-order valence-corrected chi connectivity index (χ2v) is 7.06. The highest BCUT2D eigenvalue weighted by molar-refractivity contribution is 7.19. The third kappa shape index (κ3) is 2.85. The third-order valence-electron chi connectivity index (χ3n) is 3.27. The van der Waals surface area contributed by atoms with Crippen molar-refractivity contribution in [2.45, 2.75) is 6.42 Å². The van der Waals surface area contributed by atoms with Crippen LogP contribution >= 0.6 is 22.7 Å². The molecule has 0 aliphatic rings. The number of halogens is 2. The van der Waals surface area contributed by atoms with E-state index in [1.54, 1.807) is 18.2 Å². The highest BCUT2D eigenvalue weighted by atomic mass is 32.1. The highest BCUT2D eigenvalue weighted by Crippen LogP contribution is 2.28. The lowest BCUT2D eigenvalue weighted by atomic mass is 10.2. The predicted molar refractivity (Wildman–Crippen MR) is 87.7 cm³/mol. The van der Waals surface area contributed by atoms with Crippen LogP contribution in [0.15, 0.2) is 42.5 Å². The smallest absolute Gasteiger partial charge is 0.150 e. The van der Waals surface area contributed by atoms with Gasteiger partial charge >= 0.3 is 0 Å². The zero-order valence-electron chi connectivity index (χ0n) is 11.7. The van der Waals surface area contributed by atoms with E-state index in [1.807, 2.05) is 6.07 Å². The second-order valence-electron chi connectivity index (χ2n) is 4.88. The number of benzene rings is 2. The molecule has 114 valence electrons. The lowest BCUT2D eigenvalue weighted by molar-refractivity contribution is 0.628. The zero-order valence-corrected chi connectivity index (χ0v) is 13.3. The molecule has 23 heavy (non-hydrogen) atoms. The number of thiazole rings is 1. The molecule has 0 radical (unpaired) electrons. The molecule has 0 saturated carbocycles. The highest BCUT2D eigenvalue weighted by Gasteiger charge is 2.12. The molecule has 4 aromatic rings. The van der Waals surface area contributed by atoms with E-state index in [9.17, 15) is 8.78 Å². The molecule has 0 saturated heterocycles. The first-order valence-corrected chi connectivity index (χ1v) is 8.44. The number of rotatable bonds is 3. The maximum atomic E-state index is 13.7. The van der Waals surface area contributed by atoms with Gasteiger partial charge in [-0.15, -0.1) is 21.5 Å². The summed E-state index contributed by atoms with van der Waals surface area (Å²) in [6.07, 6.45) is 0.512. The zero-order chi connectivity index (χ0) is 15.8. The van der Waals surface area contributed by atoms with Gasteiger partial charge in [0.1, 0.15) is 32.2 Å². The largest absolute Gasteiger partial charge is 0.238 e. The Morgan fingerprint density at radius 1 is 0.870 bits per heavy atom. The van der Waals surface area contributed by atoms with Crippen molar-refractivity contribution in [1.82, 2.24) is 15.2 Å². The van der Waals surface area contributed by atoms with Crippen molar-refractivity contribution in [2.75, 3.05) is 0 Å². The van der Waals surface area contributed by atoms with E-state index in [4.69, 9.17) is 0 Å². The van der Waals surface area contributed by atoms with Gasteiger partial charge in [0.15, 0.2) is 0 Å². The summed E-state index contributed by atoms with van der Waals surface area (Å²) in [5.74, 6) is -0.593. The number of fused-ring (bicyclic) bond motifs is 1. The van der Waals surface area contributed by atoms with Crippen LogP contribution in [0.5, 0.6) is 0 Å². The minimum Gasteiger partial charge on any atom is -0.238 e. The summed E-state index contributed by atoms with van der Waals surface area (Å²) in [7, 11) is 0. The van der Waals surface area contributed by atoms with Crippen molar-refractivity contribution in [3.8, 4) is 10.6 Å². The van der Waals surface area contributed by atoms with E-state index in [1.165, 1.54) is 40.9 Å². The molecular weight excluding hydrogens is 336 g/mol. The Hall–Kier alpha value is -2.25. The first-order valence-electron chi connectivity index (χ1n) is 6.81. The average molecular weight is 345 g/mol. The van der Waals surface area contributed by atoms with Crippen LogP contribution in [0.4, 0.5) is 8.78 Å². The van der Waals surface area contributed by atoms with Crippen LogP contribution in [-0.4, -0.2) is 15.2 Å². The predicted octanol–water partition coefficient (Wildman–Crippen LogP) is 4.68. The van der Waals surface area contributed by atoms with Gasteiger partial charge in [0.2, 0.25) is 0 Å². The minimum absolute atomic E-state index is 0.282. The van der Waals surface area contributed by atoms with Crippen LogP contribution in [0.25, 0.3) is 20.8 Å². The molecule has 0 aliphatic heterocycles. The summed E-state index contributed by atoms with van der Waals surface area (Å²) < 4.78 is 27.5. The Kier molecular flexibility index (Phi) is 3.59. The van der Waals surface area contributed by atoms with Gasteiger partial charge < -0.3 is 0 Å². The lowest BCUT2D eigenvalue weighted by Gasteiger charge is -1.93. The van der Waals surface area contributed by atoms with E-state index in [0.29, 0.717) is 11.9 Å². The fourth-order valence-electron chi connectivity index (χ4n) is 2.20. The fourth-order valence-corrected chi connectivity index (χ4v) is 4.13. The van der Waals surface area contributed by atoms with Crippen molar-refractivity contribution in [3.05, 3.63) is 64.1 Å². The molecule has 2 aromatic heterocycles. The van der Waals surface area contributed by atoms with Gasteiger partial charge in [-0.05, 0) is 36.4 Å². The second kappa shape index (κ2) is 5.75. The molecule has 2 heterocycles. The lowest BCUT2D eigenvalue weighted by Crippen LogP contribution is -1.86. The van der Waals surface area contributed by atoms with Crippen LogP contribution in [0.2, 0.25) is 0 Å². The molecular formula is C16H9F2N3S2. The van der Waals surface area contributed by atoms with Gasteiger partial charge in [0.25, 0.3) is 0 Å². The van der Waals surface area contributed by atoms with Crippen molar-refractivity contribution < 1.29 is 8.78 Å². The molecule has 4 rings (SSSR count). The van der Waals surface area contributed by atoms with Gasteiger partial charge in [-0.2, -0.15) is 0 Å². The molecule has 0 bridgehead atoms. The van der Waals surface area contributed by atoms with E-state index >= 15 is 0 Å². The van der Waals surface area contributed by atoms with E-state index in [2.05, 4.69) is 15.2 Å². The van der Waals surface area contributed by atoms with Gasteiger partial charge in [-0.1, -0.05) is 17.4 Å². The van der Waals surface area contributed by atoms with Crippen LogP contribution in [-0.2, 0) is 6.42 Å². The van der Waals surface area contributed by atoms with Gasteiger partial charge in [0, 0.05) is 5.56 Å². The van der Waals surface area contributed by atoms with Crippen LogP contribution in [0.1, 0.15) is 10.0 Å². The maximum absolute atomic E-state index is 13.7. The first kappa shape index (κ1) is 14.3. The number of hydrogen-bond acceptors (Lipinski definition) is 5. The van der Waals surface area contributed by atoms with Gasteiger partial charge in [-0.3, -0.25) is 0 Å². The number of hydrogen-bond donors (Lipinski definition) is 0. The monoisotopic (exact) mass is 345 g/mol. The molecule has 0 N–H and O–H groups in total. The van der Waals surface area contributed by atoms with Crippen molar-refractivity contribution >= 4 is 32.9 Å². The molecule has 0 fully saturated rings. The molecule has 7 heteroatoms. The topological polar surface area (TPSA) is 38.7 Å². The molecule has 3 nitrogen and oxygen atoms in total. The van der Waals surface area contributed by atoms with Crippen molar-refractivity contribution in [3.63, 3.8) is 0 Å². The summed E-state index contributed by atoms with van der Waals surface area (Å²) in [5.41, 5.74) is 1.22. The van der Waals surface area contributed by atoms with Crippen LogP contribution in [0.3, 0.4) is 0 Å². The molecule has 0 amide bonds. The summed E-state index contributed by atoms with van der Waals surface area (Å²) in [6.45, 7) is 0. The first-order chi connectivity index (χ1) is 11.2. The molecule has 0 unspecified atom stereocenters. The molecule has 2 aromatic carbocycles. The third-order valence-corrected chi connectivity index (χ3v) is 5.27. The molecule has 0 atom stereocenters. The number of aromatic nitrogens is 3. The molecule has 0 aliphatic carbocycles. The van der Waals surface area contributed by atoms with E-state index in [0.717, 1.165) is 25.3 Å². The Morgan fingerprint density at radius 2 is 1.70 bits per heavy atom. The van der Waals surface area contributed by atoms with Crippen molar-refractivity contribution in [2.24, 2.45) is 0 Å². The van der Waals surface area contributed by atoms with Gasteiger partial charge in [-0.25, -0.2) is 13.8 Å². The summed E-state index contributed by atoms with van der Waals surface area (Å²) in [4.78, 5) is 4.33. The van der Waals surface area contributed by atoms with Gasteiger partial charge in [0.05, 0.1) is 11.1 Å². The summed E-state index contributed by atoms with van der Waals surface area (Å²) in [5, 5.41) is 10.6. The standard InChI is InChI=1S/C16H9F2N3S2/c17-10-6-4-9(5-7-10)16-21-20-14(23-16)8-13-19-15-11(18)2-1-3-12(15)22-13/h1-7H,8H2. The molecule has 0 spiro atoms. The normalized spacial score (nSPS) is 11.2.